The highest BCUT2D eigenvalue weighted by Gasteiger charge is 2.53. The molecule has 4 atom stereocenters. The standard InChI is InChI=1S/C19H22N2O7S2/c22-12(13-7-4-8-29-13)10-30-18-15(16(24)21(18)17(25)19(26)27)20-14(23)9-28-11-5-2-1-3-6-11/h1-3,5-6,13,15,17-18,25H,4,7-10H2,(H,20,23)(H,26,27)/t13?,15-,17?,18-/m1/s1. The maximum absolute atomic E-state index is 12.4. The molecule has 3 rings (SSSR count). The van der Waals surface area contributed by atoms with Gasteiger partial charge in [-0.3, -0.25) is 19.3 Å². The van der Waals surface area contributed by atoms with Gasteiger partial charge in [0.1, 0.15) is 17.2 Å². The quantitative estimate of drug-likeness (QED) is 0.427. The Balaban J connectivity index is 1.58. The monoisotopic (exact) mass is 454 g/mol. The second-order valence-corrected chi connectivity index (χ2v) is 9.19. The average Bonchev–Trinajstić information content (AvgIpc) is 3.28. The molecule has 0 aromatic heterocycles. The Morgan fingerprint density at radius 1 is 1.30 bits per heavy atom. The molecule has 9 nitrogen and oxygen atoms in total. The molecule has 0 bridgehead atoms. The Morgan fingerprint density at radius 2 is 2.03 bits per heavy atom. The van der Waals surface area contributed by atoms with Crippen molar-refractivity contribution in [3.8, 4) is 5.75 Å². The molecule has 1 aromatic rings. The van der Waals surface area contributed by atoms with E-state index in [1.54, 1.807) is 42.1 Å². The zero-order chi connectivity index (χ0) is 21.7. The lowest BCUT2D eigenvalue weighted by Gasteiger charge is -2.47. The number of hydrogen-bond acceptors (Lipinski definition) is 8. The summed E-state index contributed by atoms with van der Waals surface area (Å²) < 4.78 is 5.34. The predicted octanol–water partition coefficient (Wildman–Crippen LogP) is 0.319. The van der Waals surface area contributed by atoms with E-state index in [0.717, 1.165) is 35.3 Å². The van der Waals surface area contributed by atoms with Crippen LogP contribution in [0.5, 0.6) is 5.75 Å². The van der Waals surface area contributed by atoms with Gasteiger partial charge in [0.15, 0.2) is 12.4 Å². The largest absolute Gasteiger partial charge is 0.484 e. The number of nitrogens with zero attached hydrogens (tertiary/aromatic N) is 1. The summed E-state index contributed by atoms with van der Waals surface area (Å²) in [5, 5.41) is 20.4. The first-order chi connectivity index (χ1) is 14.4. The fourth-order valence-corrected chi connectivity index (χ4v) is 5.77. The Labute approximate surface area is 181 Å². The van der Waals surface area contributed by atoms with E-state index in [2.05, 4.69) is 5.32 Å². The molecule has 2 saturated heterocycles. The van der Waals surface area contributed by atoms with E-state index in [0.29, 0.717) is 5.75 Å². The van der Waals surface area contributed by atoms with Crippen molar-refractivity contribution in [3.63, 3.8) is 0 Å². The van der Waals surface area contributed by atoms with Gasteiger partial charge in [0, 0.05) is 0 Å². The fraction of sp³-hybridized carbons (Fsp3) is 0.474. The predicted molar refractivity (Wildman–Crippen MR) is 111 cm³/mol. The van der Waals surface area contributed by atoms with Crippen LogP contribution in [-0.4, -0.2) is 79.7 Å². The molecule has 11 heteroatoms. The van der Waals surface area contributed by atoms with Gasteiger partial charge >= 0.3 is 5.97 Å². The Morgan fingerprint density at radius 3 is 2.67 bits per heavy atom. The van der Waals surface area contributed by atoms with Crippen LogP contribution in [-0.2, 0) is 19.2 Å². The Bertz CT molecular complexity index is 801. The lowest BCUT2D eigenvalue weighted by molar-refractivity contribution is -0.178. The Kier molecular flexibility index (Phi) is 7.62. The van der Waals surface area contributed by atoms with Crippen molar-refractivity contribution in [2.45, 2.75) is 35.7 Å². The SMILES string of the molecule is O=C(COc1ccccc1)N[C@@H]1C(=O)N(C(O)C(=O)O)[C@@H]1SCC(=O)C1CCCS1. The van der Waals surface area contributed by atoms with Crippen molar-refractivity contribution in [2.24, 2.45) is 0 Å². The van der Waals surface area contributed by atoms with Gasteiger partial charge in [-0.2, -0.15) is 11.8 Å². The summed E-state index contributed by atoms with van der Waals surface area (Å²) in [7, 11) is 0. The molecule has 2 amide bonds. The van der Waals surface area contributed by atoms with Gasteiger partial charge in [-0.15, -0.1) is 11.8 Å². The van der Waals surface area contributed by atoms with Crippen molar-refractivity contribution < 1.29 is 34.1 Å². The number of rotatable bonds is 10. The van der Waals surface area contributed by atoms with Gasteiger partial charge in [-0.05, 0) is 30.7 Å². The summed E-state index contributed by atoms with van der Waals surface area (Å²) in [6.45, 7) is -0.329. The van der Waals surface area contributed by atoms with Crippen LogP contribution in [0.15, 0.2) is 30.3 Å². The summed E-state index contributed by atoms with van der Waals surface area (Å²) in [6.07, 6.45) is -0.274. The first-order valence-electron chi connectivity index (χ1n) is 9.34. The number of β-lactam (4-membered cyclic amide) rings is 1. The number of carbonyl (C=O) groups is 4. The van der Waals surface area contributed by atoms with Crippen LogP contribution < -0.4 is 10.1 Å². The first-order valence-corrected chi connectivity index (χ1v) is 11.4. The number of carbonyl (C=O) groups excluding carboxylic acids is 3. The number of para-hydroxylation sites is 1. The molecule has 2 aliphatic heterocycles. The van der Waals surface area contributed by atoms with E-state index in [9.17, 15) is 24.3 Å². The molecule has 2 heterocycles. The van der Waals surface area contributed by atoms with Crippen molar-refractivity contribution in [3.05, 3.63) is 30.3 Å². The minimum Gasteiger partial charge on any atom is -0.484 e. The molecule has 0 aliphatic carbocycles. The van der Waals surface area contributed by atoms with E-state index in [1.807, 2.05) is 0 Å². The van der Waals surface area contributed by atoms with Gasteiger partial charge in [0.05, 0.1) is 11.0 Å². The summed E-state index contributed by atoms with van der Waals surface area (Å²) in [4.78, 5) is 48.8. The number of Topliss-reactive ketones (excluding diaryl/α,β-unsaturated/α-hetero) is 1. The second-order valence-electron chi connectivity index (χ2n) is 6.77. The van der Waals surface area contributed by atoms with Crippen molar-refractivity contribution >= 4 is 47.1 Å². The van der Waals surface area contributed by atoms with E-state index < -0.39 is 35.4 Å². The van der Waals surface area contributed by atoms with Gasteiger partial charge in [0.2, 0.25) is 6.23 Å². The molecule has 0 spiro atoms. The maximum Gasteiger partial charge on any atom is 0.354 e. The average molecular weight is 455 g/mol. The highest BCUT2D eigenvalue weighted by molar-refractivity contribution is 8.02. The molecular weight excluding hydrogens is 432 g/mol. The summed E-state index contributed by atoms with van der Waals surface area (Å²) in [6, 6.07) is 7.62. The number of hydrogen-bond donors (Lipinski definition) is 3. The van der Waals surface area contributed by atoms with Crippen LogP contribution in [0.2, 0.25) is 0 Å². The lowest BCUT2D eigenvalue weighted by atomic mass is 10.1. The van der Waals surface area contributed by atoms with Crippen LogP contribution in [0.3, 0.4) is 0 Å². The number of amides is 2. The van der Waals surface area contributed by atoms with Gasteiger partial charge in [-0.25, -0.2) is 4.79 Å². The van der Waals surface area contributed by atoms with Crippen LogP contribution in [0, 0.1) is 0 Å². The number of thioether (sulfide) groups is 2. The maximum atomic E-state index is 12.4. The van der Waals surface area contributed by atoms with Crippen LogP contribution in [0.25, 0.3) is 0 Å². The third-order valence-electron chi connectivity index (χ3n) is 4.68. The highest BCUT2D eigenvalue weighted by Crippen LogP contribution is 2.34. The second kappa shape index (κ2) is 10.2. The molecule has 0 radical (unpaired) electrons. The molecule has 30 heavy (non-hydrogen) atoms. The zero-order valence-electron chi connectivity index (χ0n) is 15.9. The molecule has 0 saturated carbocycles. The Hall–Kier alpha value is -2.24. The number of ketones is 1. The van der Waals surface area contributed by atoms with Crippen LogP contribution in [0.1, 0.15) is 12.8 Å². The third kappa shape index (κ3) is 5.27. The summed E-state index contributed by atoms with van der Waals surface area (Å²) in [5.74, 6) is -1.39. The first kappa shape index (κ1) is 22.4. The molecule has 2 fully saturated rings. The third-order valence-corrected chi connectivity index (χ3v) is 7.40. The zero-order valence-corrected chi connectivity index (χ0v) is 17.6. The number of aliphatic carboxylic acids is 1. The van der Waals surface area contributed by atoms with E-state index in [1.165, 1.54) is 0 Å². The van der Waals surface area contributed by atoms with Gasteiger partial charge in [0.25, 0.3) is 11.8 Å². The fourth-order valence-electron chi connectivity index (χ4n) is 3.15. The van der Waals surface area contributed by atoms with Crippen LogP contribution >= 0.6 is 23.5 Å². The number of aliphatic hydroxyl groups is 1. The van der Waals surface area contributed by atoms with Crippen molar-refractivity contribution in [1.82, 2.24) is 10.2 Å². The number of ether oxygens (including phenoxy) is 1. The smallest absolute Gasteiger partial charge is 0.354 e. The van der Waals surface area contributed by atoms with E-state index >= 15 is 0 Å². The number of aliphatic hydroxyl groups excluding tert-OH is 1. The van der Waals surface area contributed by atoms with Crippen LogP contribution in [0.4, 0.5) is 0 Å². The normalized spacial score (nSPS) is 24.1. The van der Waals surface area contributed by atoms with Crippen molar-refractivity contribution in [2.75, 3.05) is 18.1 Å². The number of nitrogens with one attached hydrogen (secondary N) is 1. The molecule has 2 aliphatic rings. The summed E-state index contributed by atoms with van der Waals surface area (Å²) >= 11 is 2.63. The van der Waals surface area contributed by atoms with Gasteiger partial charge in [-0.1, -0.05) is 18.2 Å². The topological polar surface area (TPSA) is 133 Å². The lowest BCUT2D eigenvalue weighted by Crippen LogP contribution is -2.73. The number of carboxylic acid groups (broad SMARTS) is 1. The molecule has 2 unspecified atom stereocenters. The van der Waals surface area contributed by atoms with Crippen molar-refractivity contribution in [1.29, 1.82) is 0 Å². The number of carboxylic acids is 1. The molecule has 1 aromatic carbocycles. The number of benzene rings is 1. The minimum absolute atomic E-state index is 0.00380. The summed E-state index contributed by atoms with van der Waals surface area (Å²) in [5.41, 5.74) is 0. The van der Waals surface area contributed by atoms with Gasteiger partial charge < -0.3 is 20.3 Å². The minimum atomic E-state index is -2.04. The van der Waals surface area contributed by atoms with E-state index in [-0.39, 0.29) is 23.4 Å². The van der Waals surface area contributed by atoms with E-state index in [4.69, 9.17) is 9.84 Å². The molecule has 3 N–H and O–H groups in total. The number of likely N-dealkylation sites (tertiary alicyclic amines) is 1. The molecular formula is C19H22N2O7S2. The molecule has 162 valence electrons. The highest BCUT2D eigenvalue weighted by atomic mass is 32.2.